The van der Waals surface area contributed by atoms with Crippen molar-refractivity contribution in [2.24, 2.45) is 5.73 Å². The minimum absolute atomic E-state index is 0.0239. The lowest BCUT2D eigenvalue weighted by molar-refractivity contribution is -0.154. The monoisotopic (exact) mass is 562 g/mol. The third kappa shape index (κ3) is 24.4. The van der Waals surface area contributed by atoms with Crippen LogP contribution in [0, 0.1) is 0 Å². The Labute approximate surface area is 215 Å². The van der Waals surface area contributed by atoms with Crippen LogP contribution in [0.2, 0.25) is 0 Å². The highest BCUT2D eigenvalue weighted by molar-refractivity contribution is 7.99. The van der Waals surface area contributed by atoms with Crippen molar-refractivity contribution in [1.29, 1.82) is 0 Å². The molecule has 0 rings (SSSR count). The zero-order valence-corrected chi connectivity index (χ0v) is 22.5. The summed E-state index contributed by atoms with van der Waals surface area (Å²) in [5, 5.41) is 2.67. The van der Waals surface area contributed by atoms with E-state index in [1.807, 2.05) is 0 Å². The maximum Gasteiger partial charge on any atom is 0.327 e. The van der Waals surface area contributed by atoms with E-state index in [9.17, 15) is 18.9 Å². The van der Waals surface area contributed by atoms with Crippen molar-refractivity contribution >= 4 is 37.2 Å². The molecule has 0 spiro atoms. The van der Waals surface area contributed by atoms with E-state index in [0.717, 1.165) is 0 Å². The molecule has 212 valence electrons. The van der Waals surface area contributed by atoms with E-state index in [4.69, 9.17) is 43.9 Å². The van der Waals surface area contributed by atoms with Crippen LogP contribution in [0.5, 0.6) is 0 Å². The number of carbonyl (C=O) groups excluding carboxylic acids is 3. The number of nitrogens with two attached hydrogens (primary N) is 1. The molecule has 2 unspecified atom stereocenters. The molecule has 0 heterocycles. The lowest BCUT2D eigenvalue weighted by Crippen LogP contribution is -2.43. The molecular formula is C20H39N2O12PS. The second-order valence-corrected chi connectivity index (χ2v) is 10.2. The second-order valence-electron chi connectivity index (χ2n) is 7.31. The molecule has 1 amide bonds. The van der Waals surface area contributed by atoms with Crippen LogP contribution in [-0.2, 0) is 47.4 Å². The molecule has 2 atom stereocenters. The van der Waals surface area contributed by atoms with Gasteiger partial charge in [-0.25, -0.2) is 0 Å². The molecule has 0 fully saturated rings. The largest absolute Gasteiger partial charge is 0.462 e. The normalized spacial score (nSPS) is 13.1. The summed E-state index contributed by atoms with van der Waals surface area (Å²) >= 11 is 1.31. The molecular weight excluding hydrogens is 523 g/mol. The van der Waals surface area contributed by atoms with Gasteiger partial charge in [0.15, 0.2) is 0 Å². The Morgan fingerprint density at radius 2 is 1.39 bits per heavy atom. The highest BCUT2D eigenvalue weighted by Crippen LogP contribution is 2.33. The van der Waals surface area contributed by atoms with Crippen LogP contribution < -0.4 is 11.1 Å². The van der Waals surface area contributed by atoms with Crippen LogP contribution in [0.1, 0.15) is 13.8 Å². The SMILES string of the molecule is CC(=O)OCC(CSCC(N)C(=O)NCCOCCOCCOCCOCCP(=O)(O)O)OC(C)=O. The molecule has 36 heavy (non-hydrogen) atoms. The van der Waals surface area contributed by atoms with Crippen LogP contribution in [0.3, 0.4) is 0 Å². The first-order valence-corrected chi connectivity index (χ1v) is 14.2. The fourth-order valence-corrected chi connectivity index (χ4v) is 3.62. The molecule has 16 heteroatoms. The number of hydrogen-bond acceptors (Lipinski definition) is 12. The van der Waals surface area contributed by atoms with Gasteiger partial charge in [0.2, 0.25) is 5.91 Å². The number of ether oxygens (including phenoxy) is 6. The molecule has 0 aliphatic carbocycles. The Kier molecular flexibility index (Phi) is 21.0. The minimum Gasteiger partial charge on any atom is -0.462 e. The number of hydrogen-bond donors (Lipinski definition) is 4. The predicted octanol–water partition coefficient (Wildman–Crippen LogP) is -1.10. The molecule has 0 aliphatic heterocycles. The number of rotatable bonds is 23. The molecule has 14 nitrogen and oxygen atoms in total. The summed E-state index contributed by atoms with van der Waals surface area (Å²) in [6, 6.07) is -0.762. The van der Waals surface area contributed by atoms with Gasteiger partial charge in [-0.15, -0.1) is 0 Å². The van der Waals surface area contributed by atoms with E-state index in [1.54, 1.807) is 0 Å². The lowest BCUT2D eigenvalue weighted by Gasteiger charge is -2.17. The van der Waals surface area contributed by atoms with Crippen LogP contribution in [0.4, 0.5) is 0 Å². The van der Waals surface area contributed by atoms with Crippen molar-refractivity contribution in [3.63, 3.8) is 0 Å². The van der Waals surface area contributed by atoms with Gasteiger partial charge in [-0.3, -0.25) is 18.9 Å². The van der Waals surface area contributed by atoms with Gasteiger partial charge in [0, 0.05) is 31.9 Å². The van der Waals surface area contributed by atoms with Crippen LogP contribution in [-0.4, -0.2) is 123 Å². The molecule has 0 aromatic rings. The standard InChI is InChI=1S/C20H39N2O12PS/c1-16(23)33-13-18(34-17(2)24)14-36-15-19(21)20(25)22-3-4-29-5-6-30-7-8-31-9-10-32-11-12-35(26,27)28/h18-19H,3-15,21H2,1-2H3,(H,22,25)(H2,26,27,28). The molecule has 0 aromatic heterocycles. The number of thioether (sulfide) groups is 1. The molecule has 0 saturated heterocycles. The van der Waals surface area contributed by atoms with E-state index in [1.165, 1.54) is 25.6 Å². The number of esters is 2. The summed E-state index contributed by atoms with van der Waals surface area (Å²) in [7, 11) is -4.02. The van der Waals surface area contributed by atoms with Crippen molar-refractivity contribution in [3.05, 3.63) is 0 Å². The van der Waals surface area contributed by atoms with Crippen molar-refractivity contribution in [3.8, 4) is 0 Å². The fraction of sp³-hybridized carbons (Fsp3) is 0.850. The molecule has 0 aliphatic rings. The highest BCUT2D eigenvalue weighted by atomic mass is 32.2. The van der Waals surface area contributed by atoms with Gasteiger partial charge in [-0.2, -0.15) is 11.8 Å². The third-order valence-electron chi connectivity index (χ3n) is 3.93. The van der Waals surface area contributed by atoms with Crippen molar-refractivity contribution in [2.45, 2.75) is 26.0 Å². The third-order valence-corrected chi connectivity index (χ3v) is 5.90. The van der Waals surface area contributed by atoms with Gasteiger partial charge < -0.3 is 49.3 Å². The van der Waals surface area contributed by atoms with Crippen LogP contribution >= 0.6 is 19.4 Å². The number of carbonyl (C=O) groups is 3. The van der Waals surface area contributed by atoms with Gasteiger partial charge in [0.05, 0.1) is 65.1 Å². The van der Waals surface area contributed by atoms with E-state index in [0.29, 0.717) is 44.5 Å². The van der Waals surface area contributed by atoms with Crippen molar-refractivity contribution in [1.82, 2.24) is 5.32 Å². The molecule has 0 aromatic carbocycles. The smallest absolute Gasteiger partial charge is 0.327 e. The van der Waals surface area contributed by atoms with E-state index in [2.05, 4.69) is 5.32 Å². The number of nitrogens with one attached hydrogen (secondary N) is 1. The Morgan fingerprint density at radius 3 is 1.89 bits per heavy atom. The zero-order chi connectivity index (χ0) is 27.2. The Balaban J connectivity index is 3.61. The maximum absolute atomic E-state index is 12.0. The highest BCUT2D eigenvalue weighted by Gasteiger charge is 2.17. The lowest BCUT2D eigenvalue weighted by atomic mass is 10.3. The van der Waals surface area contributed by atoms with Gasteiger partial charge >= 0.3 is 19.5 Å². The summed E-state index contributed by atoms with van der Waals surface area (Å²) in [5.41, 5.74) is 5.86. The average Bonchev–Trinajstić information content (AvgIpc) is 2.78. The van der Waals surface area contributed by atoms with E-state index in [-0.39, 0.29) is 45.0 Å². The molecule has 0 radical (unpaired) electrons. The van der Waals surface area contributed by atoms with Gasteiger partial charge in [0.1, 0.15) is 12.7 Å². The Bertz CT molecular complexity index is 667. The summed E-state index contributed by atoms with van der Waals surface area (Å²) < 4.78 is 41.5. The second kappa shape index (κ2) is 21.8. The summed E-state index contributed by atoms with van der Waals surface area (Å²) in [6.07, 6.45) is -0.929. The van der Waals surface area contributed by atoms with Crippen LogP contribution in [0.15, 0.2) is 0 Å². The van der Waals surface area contributed by atoms with Crippen LogP contribution in [0.25, 0.3) is 0 Å². The summed E-state index contributed by atoms with van der Waals surface area (Å²) in [6.45, 7) is 4.93. The maximum atomic E-state index is 12.0. The molecule has 5 N–H and O–H groups in total. The number of amides is 1. The molecule has 0 bridgehead atoms. The first-order valence-electron chi connectivity index (χ1n) is 11.3. The zero-order valence-electron chi connectivity index (χ0n) is 20.8. The van der Waals surface area contributed by atoms with E-state index >= 15 is 0 Å². The van der Waals surface area contributed by atoms with Gasteiger partial charge in [0.25, 0.3) is 0 Å². The van der Waals surface area contributed by atoms with Gasteiger partial charge in [-0.1, -0.05) is 0 Å². The van der Waals surface area contributed by atoms with Crippen molar-refractivity contribution < 1.29 is 57.2 Å². The summed E-state index contributed by atoms with van der Waals surface area (Å²) in [5.74, 6) is -0.687. The van der Waals surface area contributed by atoms with Gasteiger partial charge in [-0.05, 0) is 0 Å². The fourth-order valence-electron chi connectivity index (χ4n) is 2.29. The average molecular weight is 563 g/mol. The van der Waals surface area contributed by atoms with E-state index < -0.39 is 31.7 Å². The predicted molar refractivity (Wildman–Crippen MR) is 131 cm³/mol. The molecule has 0 saturated carbocycles. The first-order chi connectivity index (χ1) is 17.0. The Morgan fingerprint density at radius 1 is 0.861 bits per heavy atom. The Hall–Kier alpha value is -1.29. The van der Waals surface area contributed by atoms with Crippen molar-refractivity contribution in [2.75, 3.05) is 83.7 Å². The minimum atomic E-state index is -4.02. The quantitative estimate of drug-likeness (QED) is 0.0664. The summed E-state index contributed by atoms with van der Waals surface area (Å²) in [4.78, 5) is 51.4. The first kappa shape index (κ1) is 34.7. The topological polar surface area (TPSA) is 202 Å².